The molecule has 0 spiro atoms. The number of nitrogens with zero attached hydrogens (tertiary/aromatic N) is 1. The average molecular weight is 329 g/mol. The minimum atomic E-state index is -0.452. The molecule has 0 aliphatic heterocycles. The van der Waals surface area contributed by atoms with Crippen molar-refractivity contribution in [3.8, 4) is 5.75 Å². The van der Waals surface area contributed by atoms with Gasteiger partial charge in [0.25, 0.3) is 0 Å². The molecule has 2 rings (SSSR count). The fourth-order valence-corrected chi connectivity index (χ4v) is 2.11. The van der Waals surface area contributed by atoms with Gasteiger partial charge < -0.3 is 15.7 Å². The smallest absolute Gasteiger partial charge is 0.170 e. The summed E-state index contributed by atoms with van der Waals surface area (Å²) < 4.78 is 19.1. The van der Waals surface area contributed by atoms with Gasteiger partial charge in [-0.15, -0.1) is 0 Å². The summed E-state index contributed by atoms with van der Waals surface area (Å²) in [6.45, 7) is -0.0614. The van der Waals surface area contributed by atoms with E-state index < -0.39 is 5.82 Å². The average Bonchev–Trinajstić information content (AvgIpc) is 2.47. The third-order valence-electron chi connectivity index (χ3n) is 2.77. The molecule has 0 radical (unpaired) electrons. The highest BCUT2D eigenvalue weighted by Crippen LogP contribution is 2.28. The first-order valence-electron chi connectivity index (χ1n) is 5.86. The lowest BCUT2D eigenvalue weighted by Gasteiger charge is -2.11. The summed E-state index contributed by atoms with van der Waals surface area (Å²) in [6.07, 6.45) is 0. The summed E-state index contributed by atoms with van der Waals surface area (Å²) in [5, 5.41) is 12.0. The second kappa shape index (κ2) is 6.65. The van der Waals surface area contributed by atoms with Crippen LogP contribution in [0.4, 0.5) is 4.39 Å². The second-order valence-corrected chi connectivity index (χ2v) is 4.93. The van der Waals surface area contributed by atoms with E-state index in [9.17, 15) is 4.39 Å². The fourth-order valence-electron chi connectivity index (χ4n) is 1.66. The Morgan fingerprint density at radius 2 is 2.00 bits per heavy atom. The SMILES string of the molecule is NC(=NO)c1ccc(OCc2c(F)cccc2Cl)c(Cl)c1. The maximum absolute atomic E-state index is 13.6. The lowest BCUT2D eigenvalue weighted by Crippen LogP contribution is -2.13. The number of oxime groups is 1. The van der Waals surface area contributed by atoms with Crippen molar-refractivity contribution in [3.63, 3.8) is 0 Å². The lowest BCUT2D eigenvalue weighted by atomic mass is 10.2. The molecule has 2 aromatic carbocycles. The van der Waals surface area contributed by atoms with Gasteiger partial charge in [-0.25, -0.2) is 4.39 Å². The van der Waals surface area contributed by atoms with Crippen molar-refractivity contribution in [2.24, 2.45) is 10.9 Å². The maximum atomic E-state index is 13.6. The molecule has 0 aromatic heterocycles. The Kier molecular flexibility index (Phi) is 4.88. The number of amidine groups is 1. The molecule has 21 heavy (non-hydrogen) atoms. The molecular formula is C14H11Cl2FN2O2. The van der Waals surface area contributed by atoms with E-state index in [0.29, 0.717) is 11.3 Å². The molecule has 0 atom stereocenters. The Bertz CT molecular complexity index is 672. The Labute approximate surface area is 130 Å². The molecule has 0 saturated heterocycles. The number of rotatable bonds is 4. The van der Waals surface area contributed by atoms with Crippen molar-refractivity contribution in [1.82, 2.24) is 0 Å². The van der Waals surface area contributed by atoms with Crippen LogP contribution in [0.1, 0.15) is 11.1 Å². The predicted molar refractivity (Wildman–Crippen MR) is 79.7 cm³/mol. The zero-order chi connectivity index (χ0) is 15.4. The van der Waals surface area contributed by atoms with Gasteiger partial charge in [-0.2, -0.15) is 0 Å². The third kappa shape index (κ3) is 3.56. The van der Waals surface area contributed by atoms with E-state index in [1.807, 2.05) is 0 Å². The second-order valence-electron chi connectivity index (χ2n) is 4.12. The van der Waals surface area contributed by atoms with Crippen molar-refractivity contribution < 1.29 is 14.3 Å². The van der Waals surface area contributed by atoms with Gasteiger partial charge in [-0.3, -0.25) is 0 Å². The van der Waals surface area contributed by atoms with E-state index in [1.54, 1.807) is 18.2 Å². The molecule has 0 fully saturated rings. The molecule has 2 aromatic rings. The third-order valence-corrected chi connectivity index (χ3v) is 3.42. The number of halogens is 3. The van der Waals surface area contributed by atoms with E-state index in [0.717, 1.165) is 0 Å². The Morgan fingerprint density at radius 1 is 1.24 bits per heavy atom. The molecule has 0 aliphatic rings. The van der Waals surface area contributed by atoms with Crippen LogP contribution in [0.5, 0.6) is 5.75 Å². The van der Waals surface area contributed by atoms with Gasteiger partial charge in [0.15, 0.2) is 5.84 Å². The molecule has 0 unspecified atom stereocenters. The molecule has 0 heterocycles. The summed E-state index contributed by atoms with van der Waals surface area (Å²) in [5.41, 5.74) is 6.14. The normalized spacial score (nSPS) is 11.5. The quantitative estimate of drug-likeness (QED) is 0.388. The number of nitrogens with two attached hydrogens (primary N) is 1. The highest BCUT2D eigenvalue weighted by molar-refractivity contribution is 6.32. The van der Waals surface area contributed by atoms with Crippen LogP contribution in [0.2, 0.25) is 10.0 Å². The molecule has 0 saturated carbocycles. The van der Waals surface area contributed by atoms with Crippen molar-refractivity contribution in [3.05, 3.63) is 63.4 Å². The summed E-state index contributed by atoms with van der Waals surface area (Å²) in [6, 6.07) is 8.98. The molecule has 4 nitrogen and oxygen atoms in total. The molecule has 7 heteroatoms. The van der Waals surface area contributed by atoms with Crippen LogP contribution >= 0.6 is 23.2 Å². The van der Waals surface area contributed by atoms with Crippen LogP contribution in [0.25, 0.3) is 0 Å². The van der Waals surface area contributed by atoms with E-state index in [4.69, 9.17) is 38.9 Å². The molecule has 0 bridgehead atoms. The highest BCUT2D eigenvalue weighted by Gasteiger charge is 2.10. The first-order valence-corrected chi connectivity index (χ1v) is 6.61. The summed E-state index contributed by atoms with van der Waals surface area (Å²) in [5.74, 6) is -0.182. The fraction of sp³-hybridized carbons (Fsp3) is 0.0714. The highest BCUT2D eigenvalue weighted by atomic mass is 35.5. The van der Waals surface area contributed by atoms with Crippen LogP contribution in [-0.2, 0) is 6.61 Å². The van der Waals surface area contributed by atoms with Crippen LogP contribution in [0.3, 0.4) is 0 Å². The van der Waals surface area contributed by atoms with E-state index in [-0.39, 0.29) is 28.1 Å². The predicted octanol–water partition coefficient (Wildman–Crippen LogP) is 3.81. The number of benzene rings is 2. The van der Waals surface area contributed by atoms with Crippen molar-refractivity contribution in [1.29, 1.82) is 0 Å². The summed E-state index contributed by atoms with van der Waals surface area (Å²) in [7, 11) is 0. The maximum Gasteiger partial charge on any atom is 0.170 e. The van der Waals surface area contributed by atoms with Gasteiger partial charge in [0.1, 0.15) is 18.2 Å². The molecule has 3 N–H and O–H groups in total. The van der Waals surface area contributed by atoms with Crippen LogP contribution in [0, 0.1) is 5.82 Å². The number of hydrogen-bond acceptors (Lipinski definition) is 3. The minimum absolute atomic E-state index is 0.0614. The van der Waals surface area contributed by atoms with Gasteiger partial charge in [0.05, 0.1) is 10.0 Å². The summed E-state index contributed by atoms with van der Waals surface area (Å²) in [4.78, 5) is 0. The molecular weight excluding hydrogens is 318 g/mol. The monoisotopic (exact) mass is 328 g/mol. The zero-order valence-corrected chi connectivity index (χ0v) is 12.2. The number of ether oxygens (including phenoxy) is 1. The Morgan fingerprint density at radius 3 is 2.62 bits per heavy atom. The molecule has 0 aliphatic carbocycles. The van der Waals surface area contributed by atoms with E-state index >= 15 is 0 Å². The molecule has 110 valence electrons. The zero-order valence-electron chi connectivity index (χ0n) is 10.7. The van der Waals surface area contributed by atoms with E-state index in [1.165, 1.54) is 18.2 Å². The lowest BCUT2D eigenvalue weighted by molar-refractivity contribution is 0.300. The van der Waals surface area contributed by atoms with Gasteiger partial charge >= 0.3 is 0 Å². The van der Waals surface area contributed by atoms with Gasteiger partial charge in [-0.05, 0) is 30.3 Å². The minimum Gasteiger partial charge on any atom is -0.487 e. The number of hydrogen-bond donors (Lipinski definition) is 2. The molecule has 0 amide bonds. The van der Waals surface area contributed by atoms with Crippen molar-refractivity contribution in [2.45, 2.75) is 6.61 Å². The largest absolute Gasteiger partial charge is 0.487 e. The van der Waals surface area contributed by atoms with Crippen LogP contribution < -0.4 is 10.5 Å². The first kappa shape index (κ1) is 15.4. The van der Waals surface area contributed by atoms with Crippen LogP contribution in [-0.4, -0.2) is 11.0 Å². The van der Waals surface area contributed by atoms with Gasteiger partial charge in [0, 0.05) is 11.1 Å². The van der Waals surface area contributed by atoms with Crippen molar-refractivity contribution in [2.75, 3.05) is 0 Å². The topological polar surface area (TPSA) is 67.8 Å². The standard InChI is InChI=1S/C14H11Cl2FN2O2/c15-10-2-1-3-12(17)9(10)7-21-13-5-4-8(6-11(13)16)14(18)19-20/h1-6,20H,7H2,(H2,18,19). The van der Waals surface area contributed by atoms with E-state index in [2.05, 4.69) is 5.16 Å². The van der Waals surface area contributed by atoms with Crippen LogP contribution in [0.15, 0.2) is 41.6 Å². The Hall–Kier alpha value is -1.98. The van der Waals surface area contributed by atoms with Gasteiger partial charge in [-0.1, -0.05) is 34.4 Å². The summed E-state index contributed by atoms with van der Waals surface area (Å²) >= 11 is 11.9. The first-order chi connectivity index (χ1) is 10.0. The Balaban J connectivity index is 2.18. The van der Waals surface area contributed by atoms with Crippen molar-refractivity contribution >= 4 is 29.0 Å². The van der Waals surface area contributed by atoms with Gasteiger partial charge in [0.2, 0.25) is 0 Å².